The summed E-state index contributed by atoms with van der Waals surface area (Å²) in [4.78, 5) is 0. The van der Waals surface area contributed by atoms with Crippen molar-refractivity contribution in [2.45, 2.75) is 57.9 Å². The van der Waals surface area contributed by atoms with E-state index in [2.05, 4.69) is 56.4 Å². The molecule has 100 valence electrons. The number of hydrogen-bond acceptors (Lipinski definition) is 1. The van der Waals surface area contributed by atoms with Gasteiger partial charge in [0.25, 0.3) is 0 Å². The second kappa shape index (κ2) is 5.88. The lowest BCUT2D eigenvalue weighted by atomic mass is 9.79. The van der Waals surface area contributed by atoms with Crippen LogP contribution in [0, 0.1) is 5.92 Å². The van der Waals surface area contributed by atoms with Crippen molar-refractivity contribution in [3.05, 3.63) is 35.9 Å². The van der Waals surface area contributed by atoms with Crippen molar-refractivity contribution in [3.63, 3.8) is 0 Å². The molecule has 0 spiro atoms. The Bertz CT molecular complexity index is 351. The number of rotatable bonds is 6. The van der Waals surface area contributed by atoms with Gasteiger partial charge < -0.3 is 5.32 Å². The van der Waals surface area contributed by atoms with Crippen LogP contribution in [0.4, 0.5) is 0 Å². The largest absolute Gasteiger partial charge is 0.314 e. The third-order valence-corrected chi connectivity index (χ3v) is 4.35. The van der Waals surface area contributed by atoms with E-state index < -0.39 is 0 Å². The van der Waals surface area contributed by atoms with Crippen LogP contribution in [0.2, 0.25) is 0 Å². The molecular weight excluding hydrogens is 218 g/mol. The van der Waals surface area contributed by atoms with E-state index in [0.717, 1.165) is 5.92 Å². The molecule has 1 heteroatoms. The highest BCUT2D eigenvalue weighted by molar-refractivity contribution is 5.23. The van der Waals surface area contributed by atoms with Gasteiger partial charge in [-0.25, -0.2) is 0 Å². The van der Waals surface area contributed by atoms with Gasteiger partial charge in [0.2, 0.25) is 0 Å². The summed E-state index contributed by atoms with van der Waals surface area (Å²) in [5, 5.41) is 3.71. The van der Waals surface area contributed by atoms with E-state index in [1.807, 2.05) is 0 Å². The van der Waals surface area contributed by atoms with E-state index in [9.17, 15) is 0 Å². The molecule has 1 N–H and O–H groups in total. The lowest BCUT2D eigenvalue weighted by Crippen LogP contribution is -2.37. The lowest BCUT2D eigenvalue weighted by molar-refractivity contribution is 0.279. The van der Waals surface area contributed by atoms with Gasteiger partial charge in [0.05, 0.1) is 0 Å². The zero-order valence-corrected chi connectivity index (χ0v) is 12.1. The van der Waals surface area contributed by atoms with Crippen molar-refractivity contribution in [1.29, 1.82) is 0 Å². The molecule has 0 aliphatic heterocycles. The molecule has 0 radical (unpaired) electrons. The topological polar surface area (TPSA) is 12.0 Å². The van der Waals surface area contributed by atoms with Gasteiger partial charge in [-0.15, -0.1) is 0 Å². The molecule has 0 amide bonds. The molecule has 0 heterocycles. The molecule has 1 aliphatic rings. The van der Waals surface area contributed by atoms with Crippen molar-refractivity contribution in [2.24, 2.45) is 5.92 Å². The van der Waals surface area contributed by atoms with Crippen LogP contribution in [-0.4, -0.2) is 12.6 Å². The predicted octanol–water partition coefficient (Wildman–Crippen LogP) is 4.13. The SMILES string of the molecule is CC(CC(C)(C)c1ccccc1)NCC1CCC1. The molecule has 1 fully saturated rings. The number of benzene rings is 1. The smallest absolute Gasteiger partial charge is 0.00471 e. The molecule has 2 rings (SSSR count). The average Bonchev–Trinajstić information content (AvgIpc) is 2.27. The Labute approximate surface area is 112 Å². The summed E-state index contributed by atoms with van der Waals surface area (Å²) in [6.07, 6.45) is 5.50. The molecule has 1 aliphatic carbocycles. The average molecular weight is 245 g/mol. The fraction of sp³-hybridized carbons (Fsp3) is 0.647. The third kappa shape index (κ3) is 3.58. The molecule has 0 bridgehead atoms. The highest BCUT2D eigenvalue weighted by Gasteiger charge is 2.24. The van der Waals surface area contributed by atoms with Crippen molar-refractivity contribution in [3.8, 4) is 0 Å². The Morgan fingerprint density at radius 3 is 2.44 bits per heavy atom. The van der Waals surface area contributed by atoms with Gasteiger partial charge in [0.1, 0.15) is 0 Å². The predicted molar refractivity (Wildman–Crippen MR) is 78.9 cm³/mol. The van der Waals surface area contributed by atoms with Crippen LogP contribution in [0.3, 0.4) is 0 Å². The first kappa shape index (κ1) is 13.6. The first-order valence-corrected chi connectivity index (χ1v) is 7.37. The Kier molecular flexibility index (Phi) is 4.45. The van der Waals surface area contributed by atoms with Gasteiger partial charge in [-0.2, -0.15) is 0 Å². The summed E-state index contributed by atoms with van der Waals surface area (Å²) >= 11 is 0. The van der Waals surface area contributed by atoms with Gasteiger partial charge in [-0.3, -0.25) is 0 Å². The van der Waals surface area contributed by atoms with Crippen LogP contribution in [-0.2, 0) is 5.41 Å². The van der Waals surface area contributed by atoms with Crippen LogP contribution in [0.5, 0.6) is 0 Å². The van der Waals surface area contributed by atoms with Gasteiger partial charge in [0, 0.05) is 6.04 Å². The molecule has 1 nitrogen and oxygen atoms in total. The zero-order valence-electron chi connectivity index (χ0n) is 12.1. The summed E-state index contributed by atoms with van der Waals surface area (Å²) in [6, 6.07) is 11.5. The van der Waals surface area contributed by atoms with E-state index in [1.165, 1.54) is 37.8 Å². The normalized spacial score (nSPS) is 18.4. The minimum atomic E-state index is 0.257. The van der Waals surface area contributed by atoms with Crippen molar-refractivity contribution in [1.82, 2.24) is 5.32 Å². The van der Waals surface area contributed by atoms with E-state index in [0.29, 0.717) is 6.04 Å². The van der Waals surface area contributed by atoms with Crippen LogP contribution < -0.4 is 5.32 Å². The van der Waals surface area contributed by atoms with E-state index in [1.54, 1.807) is 0 Å². The maximum absolute atomic E-state index is 3.71. The molecule has 0 aromatic heterocycles. The minimum absolute atomic E-state index is 0.257. The molecule has 18 heavy (non-hydrogen) atoms. The highest BCUT2D eigenvalue weighted by atomic mass is 14.9. The van der Waals surface area contributed by atoms with Gasteiger partial charge in [-0.05, 0) is 49.6 Å². The Morgan fingerprint density at radius 2 is 1.89 bits per heavy atom. The van der Waals surface area contributed by atoms with Crippen LogP contribution >= 0.6 is 0 Å². The quantitative estimate of drug-likeness (QED) is 0.794. The molecular formula is C17H27N. The highest BCUT2D eigenvalue weighted by Crippen LogP contribution is 2.29. The molecule has 1 saturated carbocycles. The van der Waals surface area contributed by atoms with E-state index in [-0.39, 0.29) is 5.41 Å². The number of hydrogen-bond donors (Lipinski definition) is 1. The first-order chi connectivity index (χ1) is 8.58. The van der Waals surface area contributed by atoms with Crippen molar-refractivity contribution >= 4 is 0 Å². The van der Waals surface area contributed by atoms with E-state index >= 15 is 0 Å². The second-order valence-corrected chi connectivity index (χ2v) is 6.56. The fourth-order valence-corrected chi connectivity index (χ4v) is 2.91. The molecule has 1 aromatic carbocycles. The first-order valence-electron chi connectivity index (χ1n) is 7.37. The molecule has 1 aromatic rings. The van der Waals surface area contributed by atoms with Crippen LogP contribution in [0.25, 0.3) is 0 Å². The van der Waals surface area contributed by atoms with Crippen LogP contribution in [0.1, 0.15) is 52.0 Å². The zero-order chi connectivity index (χ0) is 13.0. The standard InChI is InChI=1S/C17H27N/c1-14(18-13-15-8-7-9-15)12-17(2,3)16-10-5-4-6-11-16/h4-6,10-11,14-15,18H,7-9,12-13H2,1-3H3. The monoisotopic (exact) mass is 245 g/mol. The summed E-state index contributed by atoms with van der Waals surface area (Å²) in [7, 11) is 0. The molecule has 0 saturated heterocycles. The molecule has 1 unspecified atom stereocenters. The Balaban J connectivity index is 1.82. The Morgan fingerprint density at radius 1 is 1.22 bits per heavy atom. The van der Waals surface area contributed by atoms with Crippen molar-refractivity contribution in [2.75, 3.05) is 6.54 Å². The summed E-state index contributed by atoms with van der Waals surface area (Å²) < 4.78 is 0. The van der Waals surface area contributed by atoms with Gasteiger partial charge in [0.15, 0.2) is 0 Å². The summed E-state index contributed by atoms with van der Waals surface area (Å²) in [5.41, 5.74) is 1.70. The fourth-order valence-electron chi connectivity index (χ4n) is 2.91. The van der Waals surface area contributed by atoms with Crippen LogP contribution in [0.15, 0.2) is 30.3 Å². The summed E-state index contributed by atoms with van der Waals surface area (Å²) in [5.74, 6) is 0.951. The molecule has 1 atom stereocenters. The Hall–Kier alpha value is -0.820. The summed E-state index contributed by atoms with van der Waals surface area (Å²) in [6.45, 7) is 8.24. The van der Waals surface area contributed by atoms with Crippen molar-refractivity contribution < 1.29 is 0 Å². The maximum Gasteiger partial charge on any atom is 0.00471 e. The van der Waals surface area contributed by atoms with Gasteiger partial charge in [-0.1, -0.05) is 50.6 Å². The third-order valence-electron chi connectivity index (χ3n) is 4.35. The number of nitrogens with one attached hydrogen (secondary N) is 1. The second-order valence-electron chi connectivity index (χ2n) is 6.56. The minimum Gasteiger partial charge on any atom is -0.314 e. The lowest BCUT2D eigenvalue weighted by Gasteiger charge is -2.32. The maximum atomic E-state index is 3.71. The van der Waals surface area contributed by atoms with Gasteiger partial charge >= 0.3 is 0 Å². The van der Waals surface area contributed by atoms with E-state index in [4.69, 9.17) is 0 Å².